The number of aliphatic hydroxyl groups is 1. The molecule has 3 rings (SSSR count). The lowest BCUT2D eigenvalue weighted by Crippen LogP contribution is -2.34. The van der Waals surface area contributed by atoms with Crippen LogP contribution in [0.2, 0.25) is 0 Å². The number of rotatable bonds is 7. The van der Waals surface area contributed by atoms with Crippen LogP contribution in [0.5, 0.6) is 23.1 Å². The van der Waals surface area contributed by atoms with Gasteiger partial charge in [-0.3, -0.25) is 4.79 Å². The first-order valence-corrected chi connectivity index (χ1v) is 8.52. The van der Waals surface area contributed by atoms with Crippen molar-refractivity contribution in [3.8, 4) is 23.1 Å². The SMILES string of the molecule is CC(CO)NC(=O)c1ccc(Oc2ccc(Oc3ccccc3)cc2)nc1. The maximum absolute atomic E-state index is 12.0. The van der Waals surface area contributed by atoms with Crippen molar-refractivity contribution in [1.82, 2.24) is 10.3 Å². The van der Waals surface area contributed by atoms with Gasteiger partial charge >= 0.3 is 0 Å². The van der Waals surface area contributed by atoms with Gasteiger partial charge in [-0.15, -0.1) is 0 Å². The summed E-state index contributed by atoms with van der Waals surface area (Å²) in [4.78, 5) is 16.1. The predicted octanol–water partition coefficient (Wildman–Crippen LogP) is 3.78. The smallest absolute Gasteiger partial charge is 0.253 e. The molecule has 0 fully saturated rings. The summed E-state index contributed by atoms with van der Waals surface area (Å²) in [6.45, 7) is 1.60. The normalized spacial score (nSPS) is 11.5. The molecule has 1 amide bonds. The van der Waals surface area contributed by atoms with Crippen LogP contribution >= 0.6 is 0 Å². The van der Waals surface area contributed by atoms with Crippen molar-refractivity contribution in [2.24, 2.45) is 0 Å². The van der Waals surface area contributed by atoms with Gasteiger partial charge in [-0.25, -0.2) is 4.98 Å². The van der Waals surface area contributed by atoms with E-state index in [9.17, 15) is 4.79 Å². The van der Waals surface area contributed by atoms with Crippen LogP contribution in [-0.4, -0.2) is 28.6 Å². The van der Waals surface area contributed by atoms with E-state index in [-0.39, 0.29) is 18.6 Å². The number of hydrogen-bond donors (Lipinski definition) is 2. The first-order chi connectivity index (χ1) is 13.1. The molecule has 3 aromatic rings. The second-order valence-electron chi connectivity index (χ2n) is 5.93. The van der Waals surface area contributed by atoms with Gasteiger partial charge in [0.1, 0.15) is 17.2 Å². The second-order valence-corrected chi connectivity index (χ2v) is 5.93. The summed E-state index contributed by atoms with van der Waals surface area (Å²) in [5.74, 6) is 2.15. The average molecular weight is 364 g/mol. The van der Waals surface area contributed by atoms with E-state index < -0.39 is 0 Å². The van der Waals surface area contributed by atoms with Crippen LogP contribution in [0.1, 0.15) is 17.3 Å². The van der Waals surface area contributed by atoms with E-state index in [1.165, 1.54) is 6.20 Å². The number of hydrogen-bond acceptors (Lipinski definition) is 5. The molecule has 138 valence electrons. The van der Waals surface area contributed by atoms with Gasteiger partial charge in [-0.2, -0.15) is 0 Å². The Morgan fingerprint density at radius 3 is 2.19 bits per heavy atom. The lowest BCUT2D eigenvalue weighted by atomic mass is 10.2. The molecule has 1 atom stereocenters. The molecule has 6 nitrogen and oxygen atoms in total. The number of aliphatic hydroxyl groups excluding tert-OH is 1. The van der Waals surface area contributed by atoms with E-state index in [0.29, 0.717) is 22.9 Å². The van der Waals surface area contributed by atoms with Crippen LogP contribution in [-0.2, 0) is 0 Å². The van der Waals surface area contributed by atoms with Gasteiger partial charge in [-0.1, -0.05) is 18.2 Å². The maximum Gasteiger partial charge on any atom is 0.253 e. The number of para-hydroxylation sites is 1. The fourth-order valence-corrected chi connectivity index (χ4v) is 2.25. The van der Waals surface area contributed by atoms with Crippen LogP contribution < -0.4 is 14.8 Å². The lowest BCUT2D eigenvalue weighted by molar-refractivity contribution is 0.0922. The molecular weight excluding hydrogens is 344 g/mol. The summed E-state index contributed by atoms with van der Waals surface area (Å²) in [6.07, 6.45) is 1.43. The molecule has 1 aromatic heterocycles. The average Bonchev–Trinajstić information content (AvgIpc) is 2.70. The number of carbonyl (C=O) groups is 1. The Morgan fingerprint density at radius 2 is 1.59 bits per heavy atom. The Morgan fingerprint density at radius 1 is 0.963 bits per heavy atom. The monoisotopic (exact) mass is 364 g/mol. The van der Waals surface area contributed by atoms with E-state index in [0.717, 1.165) is 5.75 Å². The first kappa shape index (κ1) is 18.4. The standard InChI is InChI=1S/C21H20N2O4/c1-15(14-24)23-21(25)16-7-12-20(22-13-16)27-19-10-8-18(9-11-19)26-17-5-3-2-4-6-17/h2-13,15,24H,14H2,1H3,(H,23,25). The number of carbonyl (C=O) groups excluding carboxylic acids is 1. The number of amides is 1. The van der Waals surface area contributed by atoms with Crippen molar-refractivity contribution in [3.05, 3.63) is 78.5 Å². The molecular formula is C21H20N2O4. The van der Waals surface area contributed by atoms with E-state index in [4.69, 9.17) is 14.6 Å². The third kappa shape index (κ3) is 5.29. The van der Waals surface area contributed by atoms with Gasteiger partial charge in [0.25, 0.3) is 5.91 Å². The summed E-state index contributed by atoms with van der Waals surface area (Å²) in [5, 5.41) is 11.6. The number of nitrogens with zero attached hydrogens (tertiary/aromatic N) is 1. The number of pyridine rings is 1. The Bertz CT molecular complexity index is 865. The lowest BCUT2D eigenvalue weighted by Gasteiger charge is -2.11. The van der Waals surface area contributed by atoms with Crippen LogP contribution in [0.4, 0.5) is 0 Å². The third-order valence-electron chi connectivity index (χ3n) is 3.67. The van der Waals surface area contributed by atoms with Crippen molar-refractivity contribution < 1.29 is 19.4 Å². The van der Waals surface area contributed by atoms with E-state index in [2.05, 4.69) is 10.3 Å². The molecule has 0 aliphatic carbocycles. The molecule has 6 heteroatoms. The molecule has 27 heavy (non-hydrogen) atoms. The first-order valence-electron chi connectivity index (χ1n) is 8.52. The molecule has 0 saturated heterocycles. The second kappa shape index (κ2) is 8.82. The zero-order valence-corrected chi connectivity index (χ0v) is 14.8. The van der Waals surface area contributed by atoms with Gasteiger partial charge < -0.3 is 19.9 Å². The van der Waals surface area contributed by atoms with Gasteiger partial charge in [0, 0.05) is 18.3 Å². The molecule has 0 radical (unpaired) electrons. The number of ether oxygens (including phenoxy) is 2. The van der Waals surface area contributed by atoms with E-state index in [1.54, 1.807) is 43.3 Å². The maximum atomic E-state index is 12.0. The number of aromatic nitrogens is 1. The summed E-state index contributed by atoms with van der Waals surface area (Å²) in [5.41, 5.74) is 0.397. The van der Waals surface area contributed by atoms with Crippen molar-refractivity contribution in [1.29, 1.82) is 0 Å². The molecule has 0 bridgehead atoms. The highest BCUT2D eigenvalue weighted by Gasteiger charge is 2.10. The molecule has 1 unspecified atom stereocenters. The van der Waals surface area contributed by atoms with Crippen molar-refractivity contribution in [2.45, 2.75) is 13.0 Å². The minimum Gasteiger partial charge on any atom is -0.457 e. The van der Waals surface area contributed by atoms with Gasteiger partial charge in [0.15, 0.2) is 0 Å². The highest BCUT2D eigenvalue weighted by atomic mass is 16.5. The predicted molar refractivity (Wildman–Crippen MR) is 101 cm³/mol. The molecule has 0 aliphatic rings. The Hall–Kier alpha value is -3.38. The minimum atomic E-state index is -0.315. The molecule has 0 spiro atoms. The van der Waals surface area contributed by atoms with Crippen molar-refractivity contribution in [3.63, 3.8) is 0 Å². The summed E-state index contributed by atoms with van der Waals surface area (Å²) >= 11 is 0. The zero-order chi connectivity index (χ0) is 19.1. The molecule has 0 saturated carbocycles. The largest absolute Gasteiger partial charge is 0.457 e. The molecule has 2 N–H and O–H groups in total. The molecule has 0 aliphatic heterocycles. The van der Waals surface area contributed by atoms with E-state index >= 15 is 0 Å². The van der Waals surface area contributed by atoms with Crippen LogP contribution in [0.25, 0.3) is 0 Å². The Balaban J connectivity index is 1.59. The Labute approximate surface area is 157 Å². The summed E-state index contributed by atoms with van der Waals surface area (Å²) in [7, 11) is 0. The zero-order valence-electron chi connectivity index (χ0n) is 14.8. The third-order valence-corrected chi connectivity index (χ3v) is 3.67. The molecule has 1 heterocycles. The highest BCUT2D eigenvalue weighted by molar-refractivity contribution is 5.94. The molecule has 2 aromatic carbocycles. The Kier molecular flexibility index (Phi) is 6.02. The van der Waals surface area contributed by atoms with E-state index in [1.807, 2.05) is 30.3 Å². The fraction of sp³-hybridized carbons (Fsp3) is 0.143. The van der Waals surface area contributed by atoms with Gasteiger partial charge in [0.05, 0.1) is 12.2 Å². The summed E-state index contributed by atoms with van der Waals surface area (Å²) in [6, 6.07) is 19.6. The van der Waals surface area contributed by atoms with Crippen LogP contribution in [0.3, 0.4) is 0 Å². The topological polar surface area (TPSA) is 80.7 Å². The van der Waals surface area contributed by atoms with Gasteiger partial charge in [-0.05, 0) is 49.4 Å². The quantitative estimate of drug-likeness (QED) is 0.667. The number of nitrogens with one attached hydrogen (secondary N) is 1. The minimum absolute atomic E-state index is 0.121. The summed E-state index contributed by atoms with van der Waals surface area (Å²) < 4.78 is 11.4. The van der Waals surface area contributed by atoms with Crippen LogP contribution in [0.15, 0.2) is 72.9 Å². The highest BCUT2D eigenvalue weighted by Crippen LogP contribution is 2.25. The van der Waals surface area contributed by atoms with Crippen molar-refractivity contribution in [2.75, 3.05) is 6.61 Å². The van der Waals surface area contributed by atoms with Gasteiger partial charge in [0.2, 0.25) is 5.88 Å². The number of benzene rings is 2. The fourth-order valence-electron chi connectivity index (χ4n) is 2.25. The van der Waals surface area contributed by atoms with Crippen LogP contribution in [0, 0.1) is 0 Å². The van der Waals surface area contributed by atoms with Crippen molar-refractivity contribution >= 4 is 5.91 Å².